The van der Waals surface area contributed by atoms with E-state index in [9.17, 15) is 13.2 Å². The molecule has 1 heterocycles. The van der Waals surface area contributed by atoms with Gasteiger partial charge in [-0.3, -0.25) is 9.52 Å². The molecule has 7 heteroatoms. The molecule has 0 radical (unpaired) electrons. The third-order valence-corrected chi connectivity index (χ3v) is 7.28. The zero-order chi connectivity index (χ0) is 22.2. The molecule has 0 saturated heterocycles. The maximum atomic E-state index is 13.0. The van der Waals surface area contributed by atoms with E-state index in [2.05, 4.69) is 4.72 Å². The topological polar surface area (TPSA) is 66.5 Å². The summed E-state index contributed by atoms with van der Waals surface area (Å²) in [6.45, 7) is 4.42. The lowest BCUT2D eigenvalue weighted by atomic mass is 10.0. The maximum absolute atomic E-state index is 13.0. The highest BCUT2D eigenvalue weighted by molar-refractivity contribution is 7.92. The van der Waals surface area contributed by atoms with Gasteiger partial charge in [0.25, 0.3) is 15.9 Å². The van der Waals surface area contributed by atoms with E-state index in [1.165, 1.54) is 0 Å². The standard InChI is InChI=1S/C24H23ClN2O3S/c1-16-5-3-7-22(17(16)2)26-31(29,30)21-12-13-23-19(15-21)6-4-14-27(23)24(28)18-8-10-20(25)11-9-18/h3,5,7-13,15,26H,4,6,14H2,1-2H3. The van der Waals surface area contributed by atoms with E-state index in [0.29, 0.717) is 29.2 Å². The highest BCUT2D eigenvalue weighted by atomic mass is 35.5. The lowest BCUT2D eigenvalue weighted by Gasteiger charge is -2.30. The van der Waals surface area contributed by atoms with E-state index in [4.69, 9.17) is 11.6 Å². The van der Waals surface area contributed by atoms with Gasteiger partial charge < -0.3 is 4.90 Å². The van der Waals surface area contributed by atoms with E-state index in [0.717, 1.165) is 28.8 Å². The molecule has 0 spiro atoms. The van der Waals surface area contributed by atoms with Gasteiger partial charge in [0.2, 0.25) is 0 Å². The predicted molar refractivity (Wildman–Crippen MR) is 125 cm³/mol. The van der Waals surface area contributed by atoms with Gasteiger partial charge in [-0.1, -0.05) is 23.7 Å². The number of amides is 1. The Morgan fingerprint density at radius 2 is 1.77 bits per heavy atom. The molecule has 0 bridgehead atoms. The van der Waals surface area contributed by atoms with Gasteiger partial charge in [-0.2, -0.15) is 0 Å². The normalized spacial score (nSPS) is 13.6. The lowest BCUT2D eigenvalue weighted by molar-refractivity contribution is 0.0985. The van der Waals surface area contributed by atoms with Crippen molar-refractivity contribution in [2.45, 2.75) is 31.6 Å². The molecule has 3 aromatic carbocycles. The maximum Gasteiger partial charge on any atom is 0.261 e. The first-order chi connectivity index (χ1) is 14.8. The molecule has 1 aliphatic rings. The molecule has 31 heavy (non-hydrogen) atoms. The van der Waals surface area contributed by atoms with Crippen LogP contribution in [0.1, 0.15) is 33.5 Å². The number of nitrogens with zero attached hydrogens (tertiary/aromatic N) is 1. The van der Waals surface area contributed by atoms with Crippen LogP contribution < -0.4 is 9.62 Å². The molecule has 0 atom stereocenters. The van der Waals surface area contributed by atoms with Crippen LogP contribution >= 0.6 is 11.6 Å². The van der Waals surface area contributed by atoms with Gasteiger partial charge in [-0.25, -0.2) is 8.42 Å². The van der Waals surface area contributed by atoms with Gasteiger partial charge in [0.05, 0.1) is 10.6 Å². The third-order valence-electron chi connectivity index (χ3n) is 5.67. The summed E-state index contributed by atoms with van der Waals surface area (Å²) in [6.07, 6.45) is 1.48. The van der Waals surface area contributed by atoms with E-state index in [-0.39, 0.29) is 10.8 Å². The summed E-state index contributed by atoms with van der Waals surface area (Å²) in [6, 6.07) is 17.3. The van der Waals surface area contributed by atoms with Crippen molar-refractivity contribution >= 4 is 38.9 Å². The Balaban J connectivity index is 1.64. The molecule has 1 N–H and O–H groups in total. The largest absolute Gasteiger partial charge is 0.308 e. The Hall–Kier alpha value is -2.83. The number of aryl methyl sites for hydroxylation is 2. The number of fused-ring (bicyclic) bond motifs is 1. The number of halogens is 1. The van der Waals surface area contributed by atoms with Crippen LogP contribution in [0.15, 0.2) is 65.6 Å². The molecule has 5 nitrogen and oxygen atoms in total. The molecule has 0 saturated carbocycles. The first-order valence-electron chi connectivity index (χ1n) is 10.1. The number of benzene rings is 3. The van der Waals surface area contributed by atoms with Crippen LogP contribution in [0.25, 0.3) is 0 Å². The number of carbonyl (C=O) groups excluding carboxylic acids is 1. The number of anilines is 2. The highest BCUT2D eigenvalue weighted by Crippen LogP contribution is 2.32. The third kappa shape index (κ3) is 4.31. The molecule has 0 unspecified atom stereocenters. The molecular formula is C24H23ClN2O3S. The number of nitrogens with one attached hydrogen (secondary N) is 1. The summed E-state index contributed by atoms with van der Waals surface area (Å²) in [5, 5.41) is 0.571. The average molecular weight is 455 g/mol. The Labute approximate surface area is 187 Å². The zero-order valence-corrected chi connectivity index (χ0v) is 18.9. The molecular weight excluding hydrogens is 432 g/mol. The minimum Gasteiger partial charge on any atom is -0.308 e. The van der Waals surface area contributed by atoms with Gasteiger partial charge in [-0.15, -0.1) is 0 Å². The van der Waals surface area contributed by atoms with Gasteiger partial charge in [0, 0.05) is 22.8 Å². The van der Waals surface area contributed by atoms with Crippen LogP contribution in [0.5, 0.6) is 0 Å². The van der Waals surface area contributed by atoms with Crippen molar-refractivity contribution in [1.29, 1.82) is 0 Å². The van der Waals surface area contributed by atoms with Gasteiger partial charge in [0.1, 0.15) is 0 Å². The molecule has 1 amide bonds. The van der Waals surface area contributed by atoms with Crippen molar-refractivity contribution in [1.82, 2.24) is 0 Å². The molecule has 0 aliphatic carbocycles. The lowest BCUT2D eigenvalue weighted by Crippen LogP contribution is -2.35. The summed E-state index contributed by atoms with van der Waals surface area (Å²) in [4.78, 5) is 14.9. The number of carbonyl (C=O) groups is 1. The molecule has 160 valence electrons. The SMILES string of the molecule is Cc1cccc(NS(=O)(=O)c2ccc3c(c2)CCCN3C(=O)c2ccc(Cl)cc2)c1C. The van der Waals surface area contributed by atoms with Crippen LogP contribution in [0.3, 0.4) is 0 Å². The predicted octanol–water partition coefficient (Wildman–Crippen LogP) is 5.35. The van der Waals surface area contributed by atoms with Gasteiger partial charge in [-0.05, 0) is 91.9 Å². The number of rotatable bonds is 4. The summed E-state index contributed by atoms with van der Waals surface area (Å²) in [7, 11) is -3.75. The van der Waals surface area contributed by atoms with E-state index < -0.39 is 10.0 Å². The highest BCUT2D eigenvalue weighted by Gasteiger charge is 2.26. The fourth-order valence-corrected chi connectivity index (χ4v) is 5.06. The van der Waals surface area contributed by atoms with Crippen LogP contribution in [0, 0.1) is 13.8 Å². The Morgan fingerprint density at radius 1 is 1.03 bits per heavy atom. The van der Waals surface area contributed by atoms with E-state index in [1.54, 1.807) is 53.4 Å². The first kappa shape index (κ1) is 21.4. The summed E-state index contributed by atoms with van der Waals surface area (Å²) < 4.78 is 28.7. The van der Waals surface area contributed by atoms with Crippen LogP contribution in [0.4, 0.5) is 11.4 Å². The molecule has 1 aliphatic heterocycles. The van der Waals surface area contributed by atoms with Gasteiger partial charge >= 0.3 is 0 Å². The second kappa shape index (κ2) is 8.36. The van der Waals surface area contributed by atoms with E-state index >= 15 is 0 Å². The summed E-state index contributed by atoms with van der Waals surface area (Å²) in [5.41, 5.74) is 4.61. The van der Waals surface area contributed by atoms with Crippen molar-refractivity contribution in [2.75, 3.05) is 16.2 Å². The minimum absolute atomic E-state index is 0.123. The van der Waals surface area contributed by atoms with E-state index in [1.807, 2.05) is 26.0 Å². The average Bonchev–Trinajstić information content (AvgIpc) is 2.76. The smallest absolute Gasteiger partial charge is 0.261 e. The van der Waals surface area contributed by atoms with Crippen molar-refractivity contribution < 1.29 is 13.2 Å². The summed E-state index contributed by atoms with van der Waals surface area (Å²) >= 11 is 5.93. The first-order valence-corrected chi connectivity index (χ1v) is 11.9. The quantitative estimate of drug-likeness (QED) is 0.577. The monoisotopic (exact) mass is 454 g/mol. The second-order valence-electron chi connectivity index (χ2n) is 7.71. The van der Waals surface area contributed by atoms with Gasteiger partial charge in [0.15, 0.2) is 0 Å². The fraction of sp³-hybridized carbons (Fsp3) is 0.208. The Kier molecular flexibility index (Phi) is 5.77. The zero-order valence-electron chi connectivity index (χ0n) is 17.4. The Morgan fingerprint density at radius 3 is 2.52 bits per heavy atom. The second-order valence-corrected chi connectivity index (χ2v) is 9.83. The number of sulfonamides is 1. The Bertz CT molecular complexity index is 1250. The number of hydrogen-bond acceptors (Lipinski definition) is 3. The molecule has 4 rings (SSSR count). The van der Waals surface area contributed by atoms with Crippen molar-refractivity contribution in [3.8, 4) is 0 Å². The minimum atomic E-state index is -3.75. The number of hydrogen-bond donors (Lipinski definition) is 1. The van der Waals surface area contributed by atoms with Crippen LogP contribution in [0.2, 0.25) is 5.02 Å². The van der Waals surface area contributed by atoms with Crippen molar-refractivity contribution in [2.24, 2.45) is 0 Å². The van der Waals surface area contributed by atoms with Crippen LogP contribution in [-0.4, -0.2) is 20.9 Å². The molecule has 0 fully saturated rings. The molecule has 0 aromatic heterocycles. The van der Waals surface area contributed by atoms with Crippen LogP contribution in [-0.2, 0) is 16.4 Å². The summed E-state index contributed by atoms with van der Waals surface area (Å²) in [5.74, 6) is -0.123. The fourth-order valence-electron chi connectivity index (χ4n) is 3.77. The molecule has 3 aromatic rings. The van der Waals surface area contributed by atoms with Crippen molar-refractivity contribution in [3.63, 3.8) is 0 Å². The van der Waals surface area contributed by atoms with Crippen molar-refractivity contribution in [3.05, 3.63) is 87.9 Å².